The maximum Gasteiger partial charge on any atom is 0.156 e. The Bertz CT molecular complexity index is 305. The molecule has 0 aliphatic carbocycles. The number of hydrogen-bond donors (Lipinski definition) is 1. The van der Waals surface area contributed by atoms with Gasteiger partial charge in [-0.1, -0.05) is 6.92 Å². The quantitative estimate of drug-likeness (QED) is 0.751. The molecule has 96 valence electrons. The summed E-state index contributed by atoms with van der Waals surface area (Å²) in [4.78, 5) is 8.76. The third kappa shape index (κ3) is 5.10. The fourth-order valence-electron chi connectivity index (χ4n) is 1.38. The van der Waals surface area contributed by atoms with Gasteiger partial charge in [-0.2, -0.15) is 0 Å². The molecule has 0 spiro atoms. The van der Waals surface area contributed by atoms with E-state index in [0.29, 0.717) is 25.6 Å². The molecule has 1 N–H and O–H groups in total. The summed E-state index contributed by atoms with van der Waals surface area (Å²) in [7, 11) is 1.66. The fourth-order valence-corrected chi connectivity index (χ4v) is 1.38. The van der Waals surface area contributed by atoms with Gasteiger partial charge < -0.3 is 14.8 Å². The molecule has 0 amide bonds. The Labute approximate surface area is 103 Å². The monoisotopic (exact) mass is 239 g/mol. The average Bonchev–Trinajstić information content (AvgIpc) is 2.34. The van der Waals surface area contributed by atoms with Gasteiger partial charge >= 0.3 is 0 Å². The number of aromatic nitrogens is 2. The Morgan fingerprint density at radius 1 is 1.24 bits per heavy atom. The molecule has 5 heteroatoms. The highest BCUT2D eigenvalue weighted by atomic mass is 16.5. The molecule has 0 aliphatic rings. The molecule has 0 bridgehead atoms. The van der Waals surface area contributed by atoms with Crippen molar-refractivity contribution in [1.29, 1.82) is 0 Å². The first kappa shape index (κ1) is 13.9. The van der Waals surface area contributed by atoms with E-state index in [4.69, 9.17) is 9.47 Å². The van der Waals surface area contributed by atoms with E-state index >= 15 is 0 Å². The largest absolute Gasteiger partial charge is 0.378 e. The lowest BCUT2D eigenvalue weighted by atomic mass is 10.3. The Balaban J connectivity index is 2.76. The second kappa shape index (κ2) is 7.97. The van der Waals surface area contributed by atoms with Gasteiger partial charge in [0, 0.05) is 26.3 Å². The molecule has 17 heavy (non-hydrogen) atoms. The van der Waals surface area contributed by atoms with Crippen LogP contribution in [0.4, 0.5) is 5.82 Å². The predicted molar refractivity (Wildman–Crippen MR) is 66.9 cm³/mol. The maximum absolute atomic E-state index is 5.32. The van der Waals surface area contributed by atoms with E-state index in [9.17, 15) is 0 Å². The predicted octanol–water partition coefficient (Wildman–Crippen LogP) is 1.98. The van der Waals surface area contributed by atoms with Gasteiger partial charge in [-0.3, -0.25) is 0 Å². The van der Waals surface area contributed by atoms with Gasteiger partial charge in [0.25, 0.3) is 0 Å². The fraction of sp³-hybridized carbons (Fsp3) is 0.667. The standard InChI is InChI=1S/C12H21N3O2/c1-4-6-13-11-7-10(8-16-3)14-12(15-11)9-17-5-2/h7H,4-6,8-9H2,1-3H3,(H,13,14,15). The van der Waals surface area contributed by atoms with Crippen molar-refractivity contribution in [3.63, 3.8) is 0 Å². The molecule has 1 rings (SSSR count). The van der Waals surface area contributed by atoms with Crippen molar-refractivity contribution in [2.24, 2.45) is 0 Å². The van der Waals surface area contributed by atoms with Gasteiger partial charge in [0.15, 0.2) is 5.82 Å². The van der Waals surface area contributed by atoms with Crippen LogP contribution in [0.5, 0.6) is 0 Å². The highest BCUT2D eigenvalue weighted by molar-refractivity contribution is 5.35. The van der Waals surface area contributed by atoms with Crippen LogP contribution in [0.2, 0.25) is 0 Å². The van der Waals surface area contributed by atoms with Gasteiger partial charge in [-0.05, 0) is 13.3 Å². The lowest BCUT2D eigenvalue weighted by Gasteiger charge is -2.09. The first-order valence-corrected chi connectivity index (χ1v) is 5.97. The molecule has 1 aromatic heterocycles. The number of hydrogen-bond acceptors (Lipinski definition) is 5. The van der Waals surface area contributed by atoms with Crippen molar-refractivity contribution in [1.82, 2.24) is 9.97 Å². The third-order valence-corrected chi connectivity index (χ3v) is 2.11. The summed E-state index contributed by atoms with van der Waals surface area (Å²) < 4.78 is 10.4. The van der Waals surface area contributed by atoms with Gasteiger partial charge in [0.2, 0.25) is 0 Å². The van der Waals surface area contributed by atoms with Gasteiger partial charge in [0.1, 0.15) is 12.4 Å². The molecule has 0 aliphatic heterocycles. The summed E-state index contributed by atoms with van der Waals surface area (Å²) in [6, 6.07) is 1.91. The van der Waals surface area contributed by atoms with Gasteiger partial charge in [-0.25, -0.2) is 9.97 Å². The number of rotatable bonds is 8. The van der Waals surface area contributed by atoms with Crippen LogP contribution in [-0.4, -0.2) is 30.2 Å². The van der Waals surface area contributed by atoms with Crippen LogP contribution < -0.4 is 5.32 Å². The minimum Gasteiger partial charge on any atom is -0.378 e. The molecule has 5 nitrogen and oxygen atoms in total. The van der Waals surface area contributed by atoms with E-state index in [2.05, 4.69) is 22.2 Å². The molecule has 0 radical (unpaired) electrons. The van der Waals surface area contributed by atoms with Gasteiger partial charge in [0.05, 0.1) is 12.3 Å². The van der Waals surface area contributed by atoms with E-state index < -0.39 is 0 Å². The Kier molecular flexibility index (Phi) is 6.50. The number of nitrogens with one attached hydrogen (secondary N) is 1. The summed E-state index contributed by atoms with van der Waals surface area (Å²) in [5.41, 5.74) is 0.871. The van der Waals surface area contributed by atoms with Crippen molar-refractivity contribution < 1.29 is 9.47 Å². The van der Waals surface area contributed by atoms with Crippen LogP contribution >= 0.6 is 0 Å². The normalized spacial score (nSPS) is 10.5. The number of methoxy groups -OCH3 is 1. The summed E-state index contributed by atoms with van der Waals surface area (Å²) in [6.07, 6.45) is 1.06. The Morgan fingerprint density at radius 2 is 2.06 bits per heavy atom. The minimum atomic E-state index is 0.439. The number of ether oxygens (including phenoxy) is 2. The summed E-state index contributed by atoms with van der Waals surface area (Å²) in [6.45, 7) is 6.56. The summed E-state index contributed by atoms with van der Waals surface area (Å²) >= 11 is 0. The van der Waals surface area contributed by atoms with Crippen molar-refractivity contribution in [2.75, 3.05) is 25.6 Å². The average molecular weight is 239 g/mol. The van der Waals surface area contributed by atoms with Crippen LogP contribution in [0.15, 0.2) is 6.07 Å². The van der Waals surface area contributed by atoms with Crippen molar-refractivity contribution in [2.45, 2.75) is 33.5 Å². The smallest absolute Gasteiger partial charge is 0.156 e. The van der Waals surface area contributed by atoms with Crippen LogP contribution in [0, 0.1) is 0 Å². The first-order valence-electron chi connectivity index (χ1n) is 5.97. The zero-order valence-corrected chi connectivity index (χ0v) is 10.8. The molecule has 0 aromatic carbocycles. The molecule has 0 atom stereocenters. The zero-order valence-electron chi connectivity index (χ0n) is 10.8. The first-order chi connectivity index (χ1) is 8.30. The van der Waals surface area contributed by atoms with Crippen LogP contribution in [0.1, 0.15) is 31.8 Å². The third-order valence-electron chi connectivity index (χ3n) is 2.11. The van der Waals surface area contributed by atoms with Crippen LogP contribution in [0.25, 0.3) is 0 Å². The van der Waals surface area contributed by atoms with E-state index in [0.717, 1.165) is 24.5 Å². The number of anilines is 1. The second-order valence-corrected chi connectivity index (χ2v) is 3.66. The topological polar surface area (TPSA) is 56.3 Å². The maximum atomic E-state index is 5.32. The van der Waals surface area contributed by atoms with Crippen molar-refractivity contribution >= 4 is 5.82 Å². The molecule has 1 heterocycles. The molecular weight excluding hydrogens is 218 g/mol. The van der Waals surface area contributed by atoms with E-state index in [1.807, 2.05) is 13.0 Å². The van der Waals surface area contributed by atoms with Gasteiger partial charge in [-0.15, -0.1) is 0 Å². The molecule has 0 saturated heterocycles. The highest BCUT2D eigenvalue weighted by Gasteiger charge is 2.04. The SMILES string of the molecule is CCCNc1cc(COC)nc(COCC)n1. The molecule has 0 fully saturated rings. The molecule has 1 aromatic rings. The lowest BCUT2D eigenvalue weighted by molar-refractivity contribution is 0.127. The van der Waals surface area contributed by atoms with E-state index in [1.54, 1.807) is 7.11 Å². The zero-order chi connectivity index (χ0) is 12.5. The highest BCUT2D eigenvalue weighted by Crippen LogP contribution is 2.09. The van der Waals surface area contributed by atoms with E-state index in [-0.39, 0.29) is 0 Å². The number of nitrogens with zero attached hydrogens (tertiary/aromatic N) is 2. The Hall–Kier alpha value is -1.20. The van der Waals surface area contributed by atoms with Crippen molar-refractivity contribution in [3.8, 4) is 0 Å². The lowest BCUT2D eigenvalue weighted by Crippen LogP contribution is -2.08. The Morgan fingerprint density at radius 3 is 2.71 bits per heavy atom. The molecular formula is C12H21N3O2. The van der Waals surface area contributed by atoms with E-state index in [1.165, 1.54) is 0 Å². The summed E-state index contributed by atoms with van der Waals surface area (Å²) in [5.74, 6) is 1.53. The summed E-state index contributed by atoms with van der Waals surface area (Å²) in [5, 5.41) is 3.25. The molecule has 0 unspecified atom stereocenters. The second-order valence-electron chi connectivity index (χ2n) is 3.66. The van der Waals surface area contributed by atoms with Crippen LogP contribution in [-0.2, 0) is 22.7 Å². The minimum absolute atomic E-state index is 0.439. The van der Waals surface area contributed by atoms with Crippen molar-refractivity contribution in [3.05, 3.63) is 17.6 Å². The molecule has 0 saturated carbocycles. The van der Waals surface area contributed by atoms with Crippen LogP contribution in [0.3, 0.4) is 0 Å².